The highest BCUT2D eigenvalue weighted by atomic mass is 19.1. The number of fused-ring (bicyclic) bond motifs is 1. The molecular formula is C22H23FN4O2. The van der Waals surface area contributed by atoms with Gasteiger partial charge in [0, 0.05) is 34.9 Å². The molecule has 0 saturated heterocycles. The molecule has 0 radical (unpaired) electrons. The van der Waals surface area contributed by atoms with Gasteiger partial charge < -0.3 is 10.4 Å². The van der Waals surface area contributed by atoms with Crippen LogP contribution in [0.2, 0.25) is 0 Å². The molecular weight excluding hydrogens is 371 g/mol. The molecule has 2 N–H and O–H groups in total. The highest BCUT2D eigenvalue weighted by molar-refractivity contribution is 5.96. The Hall–Kier alpha value is -2.93. The number of amides is 1. The van der Waals surface area contributed by atoms with Crippen LogP contribution in [0.15, 0.2) is 36.8 Å². The number of carbonyl (C=O) groups excluding carboxylic acids is 1. The molecule has 1 saturated carbocycles. The van der Waals surface area contributed by atoms with E-state index in [1.165, 1.54) is 0 Å². The molecule has 7 heteroatoms. The van der Waals surface area contributed by atoms with Gasteiger partial charge in [0.05, 0.1) is 23.4 Å². The van der Waals surface area contributed by atoms with Gasteiger partial charge in [0.15, 0.2) is 0 Å². The van der Waals surface area contributed by atoms with E-state index in [9.17, 15) is 14.3 Å². The van der Waals surface area contributed by atoms with E-state index in [0.29, 0.717) is 17.9 Å². The number of aliphatic hydroxyl groups is 1. The third kappa shape index (κ3) is 4.10. The highest BCUT2D eigenvalue weighted by Crippen LogP contribution is 2.34. The molecule has 1 fully saturated rings. The number of nitrogens with one attached hydrogen (secondary N) is 1. The summed E-state index contributed by atoms with van der Waals surface area (Å²) in [7, 11) is 0. The van der Waals surface area contributed by atoms with Crippen LogP contribution in [0.4, 0.5) is 10.2 Å². The first-order valence-electron chi connectivity index (χ1n) is 9.82. The molecule has 3 aromatic rings. The zero-order valence-corrected chi connectivity index (χ0v) is 16.4. The van der Waals surface area contributed by atoms with E-state index < -0.39 is 18.2 Å². The molecule has 6 nitrogen and oxygen atoms in total. The highest BCUT2D eigenvalue weighted by Gasteiger charge is 2.43. The van der Waals surface area contributed by atoms with E-state index in [2.05, 4.69) is 20.3 Å². The molecule has 1 aliphatic carbocycles. The smallest absolute Gasteiger partial charge is 0.231 e. The maximum atomic E-state index is 13.0. The predicted molar refractivity (Wildman–Crippen MR) is 109 cm³/mol. The Morgan fingerprint density at radius 1 is 1.21 bits per heavy atom. The van der Waals surface area contributed by atoms with Gasteiger partial charge in [-0.2, -0.15) is 0 Å². The second-order valence-corrected chi connectivity index (χ2v) is 7.56. The predicted octanol–water partition coefficient (Wildman–Crippen LogP) is 4.13. The second kappa shape index (κ2) is 7.83. The standard InChI is InChI=1S/C22H23FN4O2/c1-3-4-20(28)19-5-12(2)16(11-25-19)18-6-13-10-26-21(7-14(13)9-24-18)27-22(29)15-8-17(15)23/h5-7,9-11,15,17,20,28H,3-4,8H2,1-2H3,(H,26,27,29)/t15-,17+,20?/m1/s1. The zero-order valence-electron chi connectivity index (χ0n) is 16.4. The van der Waals surface area contributed by atoms with Gasteiger partial charge in [-0.15, -0.1) is 0 Å². The fourth-order valence-corrected chi connectivity index (χ4v) is 3.36. The number of hydrogen-bond donors (Lipinski definition) is 2. The Kier molecular flexibility index (Phi) is 5.24. The summed E-state index contributed by atoms with van der Waals surface area (Å²) in [5.41, 5.74) is 3.30. The molecule has 1 unspecified atom stereocenters. The molecule has 3 aromatic heterocycles. The molecule has 3 atom stereocenters. The molecule has 0 spiro atoms. The number of aryl methyl sites for hydroxylation is 1. The molecule has 1 aliphatic rings. The molecule has 0 aliphatic heterocycles. The van der Waals surface area contributed by atoms with E-state index in [0.717, 1.165) is 34.0 Å². The Balaban J connectivity index is 1.57. The summed E-state index contributed by atoms with van der Waals surface area (Å²) in [4.78, 5) is 25.1. The van der Waals surface area contributed by atoms with Crippen LogP contribution >= 0.6 is 0 Å². The summed E-state index contributed by atoms with van der Waals surface area (Å²) in [6, 6.07) is 5.54. The zero-order chi connectivity index (χ0) is 20.5. The number of rotatable bonds is 6. The van der Waals surface area contributed by atoms with Crippen LogP contribution in [0.25, 0.3) is 22.0 Å². The summed E-state index contributed by atoms with van der Waals surface area (Å²) in [5, 5.41) is 14.5. The van der Waals surface area contributed by atoms with Crippen molar-refractivity contribution in [2.45, 2.75) is 45.4 Å². The minimum absolute atomic E-state index is 0.284. The largest absolute Gasteiger partial charge is 0.387 e. The maximum Gasteiger partial charge on any atom is 0.231 e. The SMILES string of the molecule is CCCC(O)c1cc(C)c(-c2cc3cnc(NC(=O)[C@@H]4C[C@@H]4F)cc3cn2)cn1. The van der Waals surface area contributed by atoms with E-state index in [1.807, 2.05) is 26.0 Å². The number of nitrogens with zero attached hydrogens (tertiary/aromatic N) is 3. The van der Waals surface area contributed by atoms with Gasteiger partial charge in [-0.1, -0.05) is 13.3 Å². The second-order valence-electron chi connectivity index (χ2n) is 7.56. The van der Waals surface area contributed by atoms with Crippen molar-refractivity contribution in [2.75, 3.05) is 5.32 Å². The number of pyridine rings is 3. The van der Waals surface area contributed by atoms with Gasteiger partial charge in [-0.3, -0.25) is 14.8 Å². The average molecular weight is 394 g/mol. The third-order valence-corrected chi connectivity index (χ3v) is 5.22. The number of carbonyl (C=O) groups is 1. The molecule has 0 bridgehead atoms. The monoisotopic (exact) mass is 394 g/mol. The van der Waals surface area contributed by atoms with Gasteiger partial charge >= 0.3 is 0 Å². The lowest BCUT2D eigenvalue weighted by Gasteiger charge is -2.12. The first-order chi connectivity index (χ1) is 14.0. The number of hydrogen-bond acceptors (Lipinski definition) is 5. The van der Waals surface area contributed by atoms with Crippen molar-refractivity contribution in [1.82, 2.24) is 15.0 Å². The minimum Gasteiger partial charge on any atom is -0.387 e. The Bertz CT molecular complexity index is 1070. The lowest BCUT2D eigenvalue weighted by atomic mass is 10.0. The average Bonchev–Trinajstić information content (AvgIpc) is 3.44. The summed E-state index contributed by atoms with van der Waals surface area (Å²) >= 11 is 0. The summed E-state index contributed by atoms with van der Waals surface area (Å²) in [5.74, 6) is -0.494. The van der Waals surface area contributed by atoms with E-state index in [4.69, 9.17) is 0 Å². The fourth-order valence-electron chi connectivity index (χ4n) is 3.36. The van der Waals surface area contributed by atoms with Crippen molar-refractivity contribution in [3.8, 4) is 11.3 Å². The van der Waals surface area contributed by atoms with E-state index in [1.54, 1.807) is 24.7 Å². The van der Waals surface area contributed by atoms with Crippen LogP contribution in [0.1, 0.15) is 43.5 Å². The van der Waals surface area contributed by atoms with Crippen molar-refractivity contribution in [1.29, 1.82) is 0 Å². The van der Waals surface area contributed by atoms with Crippen LogP contribution < -0.4 is 5.32 Å². The van der Waals surface area contributed by atoms with E-state index in [-0.39, 0.29) is 12.3 Å². The molecule has 0 aromatic carbocycles. The quantitative estimate of drug-likeness (QED) is 0.656. The van der Waals surface area contributed by atoms with Gasteiger partial charge in [0.25, 0.3) is 0 Å². The summed E-state index contributed by atoms with van der Waals surface area (Å²) in [6.45, 7) is 4.00. The van der Waals surface area contributed by atoms with Crippen LogP contribution in [0.5, 0.6) is 0 Å². The van der Waals surface area contributed by atoms with Crippen molar-refractivity contribution >= 4 is 22.5 Å². The van der Waals surface area contributed by atoms with Crippen molar-refractivity contribution in [2.24, 2.45) is 5.92 Å². The number of halogens is 1. The lowest BCUT2D eigenvalue weighted by Crippen LogP contribution is -2.15. The number of alkyl halides is 1. The Morgan fingerprint density at radius 2 is 1.93 bits per heavy atom. The van der Waals surface area contributed by atoms with Gasteiger partial charge in [0.2, 0.25) is 5.91 Å². The molecule has 150 valence electrons. The first-order valence-corrected chi connectivity index (χ1v) is 9.82. The van der Waals surface area contributed by atoms with Gasteiger partial charge in [0.1, 0.15) is 12.0 Å². The van der Waals surface area contributed by atoms with Gasteiger partial charge in [-0.05, 0) is 43.5 Å². The van der Waals surface area contributed by atoms with Crippen LogP contribution in [-0.2, 0) is 4.79 Å². The summed E-state index contributed by atoms with van der Waals surface area (Å²) < 4.78 is 13.0. The number of anilines is 1. The van der Waals surface area contributed by atoms with Crippen LogP contribution in [-0.4, -0.2) is 32.1 Å². The third-order valence-electron chi connectivity index (χ3n) is 5.22. The number of aromatic nitrogens is 3. The van der Waals surface area contributed by atoms with Crippen molar-refractivity contribution in [3.05, 3.63) is 48.0 Å². The van der Waals surface area contributed by atoms with Crippen molar-refractivity contribution in [3.63, 3.8) is 0 Å². The lowest BCUT2D eigenvalue weighted by molar-refractivity contribution is -0.117. The number of aliphatic hydroxyl groups excluding tert-OH is 1. The molecule has 1 amide bonds. The summed E-state index contributed by atoms with van der Waals surface area (Å²) in [6.07, 6.45) is 5.38. The molecule has 29 heavy (non-hydrogen) atoms. The molecule has 3 heterocycles. The van der Waals surface area contributed by atoms with Gasteiger partial charge in [-0.25, -0.2) is 9.37 Å². The van der Waals surface area contributed by atoms with Crippen LogP contribution in [0, 0.1) is 12.8 Å². The molecule has 4 rings (SSSR count). The fraction of sp³-hybridized carbons (Fsp3) is 0.364. The van der Waals surface area contributed by atoms with Crippen LogP contribution in [0.3, 0.4) is 0 Å². The maximum absolute atomic E-state index is 13.0. The first kappa shape index (κ1) is 19.4. The van der Waals surface area contributed by atoms with E-state index >= 15 is 0 Å². The van der Waals surface area contributed by atoms with Crippen molar-refractivity contribution < 1.29 is 14.3 Å². The normalized spacial score (nSPS) is 19.2. The Morgan fingerprint density at radius 3 is 2.62 bits per heavy atom. The minimum atomic E-state index is -1.04. The topological polar surface area (TPSA) is 88.0 Å². The Labute approximate surface area is 168 Å².